The maximum Gasteiger partial charge on any atom is 0.449 e. The van der Waals surface area contributed by atoms with Gasteiger partial charge in [-0.3, -0.25) is 4.79 Å². The first kappa shape index (κ1) is 19.2. The SMILES string of the molecule is O=C(OC1C(F)(F)COC(O)(C(F)(F)F)C1(F)F)C1CCCCC1. The summed E-state index contributed by atoms with van der Waals surface area (Å²) in [6.07, 6.45) is -7.56. The molecule has 2 aliphatic rings. The van der Waals surface area contributed by atoms with Gasteiger partial charge in [0.25, 0.3) is 0 Å². The lowest BCUT2D eigenvalue weighted by Gasteiger charge is -2.46. The van der Waals surface area contributed by atoms with Crippen LogP contribution in [0.3, 0.4) is 0 Å². The summed E-state index contributed by atoms with van der Waals surface area (Å²) < 4.78 is 101. The van der Waals surface area contributed by atoms with Crippen molar-refractivity contribution >= 4 is 5.97 Å². The highest BCUT2D eigenvalue weighted by Gasteiger charge is 2.81. The molecule has 0 radical (unpaired) electrons. The normalized spacial score (nSPS) is 33.9. The molecule has 0 bridgehead atoms. The molecule has 2 atom stereocenters. The molecule has 2 rings (SSSR count). The number of esters is 1. The van der Waals surface area contributed by atoms with Crippen LogP contribution < -0.4 is 0 Å². The van der Waals surface area contributed by atoms with Gasteiger partial charge in [-0.1, -0.05) is 19.3 Å². The summed E-state index contributed by atoms with van der Waals surface area (Å²) in [4.78, 5) is 11.8. The van der Waals surface area contributed by atoms with Crippen LogP contribution in [0.4, 0.5) is 30.7 Å². The second-order valence-corrected chi connectivity index (χ2v) is 5.97. The van der Waals surface area contributed by atoms with Gasteiger partial charge in [-0.15, -0.1) is 0 Å². The van der Waals surface area contributed by atoms with Crippen molar-refractivity contribution in [2.45, 2.75) is 62.0 Å². The van der Waals surface area contributed by atoms with Gasteiger partial charge in [0, 0.05) is 0 Å². The van der Waals surface area contributed by atoms with Gasteiger partial charge in [-0.2, -0.15) is 30.7 Å². The maximum absolute atomic E-state index is 14.0. The molecule has 1 N–H and O–H groups in total. The molecule has 1 saturated heterocycles. The van der Waals surface area contributed by atoms with Gasteiger partial charge < -0.3 is 14.6 Å². The van der Waals surface area contributed by atoms with E-state index in [0.717, 1.165) is 6.42 Å². The van der Waals surface area contributed by atoms with Crippen molar-refractivity contribution in [1.82, 2.24) is 0 Å². The highest BCUT2D eigenvalue weighted by molar-refractivity contribution is 5.73. The zero-order valence-electron chi connectivity index (χ0n) is 12.2. The minimum atomic E-state index is -6.07. The summed E-state index contributed by atoms with van der Waals surface area (Å²) in [6, 6.07) is 0. The van der Waals surface area contributed by atoms with Crippen LogP contribution in [0.15, 0.2) is 0 Å². The zero-order chi connectivity index (χ0) is 18.4. The van der Waals surface area contributed by atoms with Crippen LogP contribution in [-0.2, 0) is 14.3 Å². The molecule has 0 aromatic carbocycles. The summed E-state index contributed by atoms with van der Waals surface area (Å²) in [7, 11) is 0. The van der Waals surface area contributed by atoms with Crippen molar-refractivity contribution < 1.29 is 50.1 Å². The molecule has 140 valence electrons. The lowest BCUT2D eigenvalue weighted by atomic mass is 9.89. The van der Waals surface area contributed by atoms with E-state index in [1.807, 2.05) is 0 Å². The number of carbonyl (C=O) groups excluding carboxylic acids is 1. The Labute approximate surface area is 131 Å². The minimum absolute atomic E-state index is 0.211. The summed E-state index contributed by atoms with van der Waals surface area (Å²) in [5.74, 6) is -17.7. The van der Waals surface area contributed by atoms with Gasteiger partial charge in [0.05, 0.1) is 5.92 Å². The lowest BCUT2D eigenvalue weighted by Crippen LogP contribution is -2.74. The Hall–Kier alpha value is -1.10. The molecule has 11 heteroatoms. The third-order valence-electron chi connectivity index (χ3n) is 4.19. The Bertz CT molecular complexity index is 487. The number of rotatable bonds is 2. The highest BCUT2D eigenvalue weighted by Crippen LogP contribution is 2.52. The molecule has 4 nitrogen and oxygen atoms in total. The van der Waals surface area contributed by atoms with Gasteiger partial charge >= 0.3 is 29.8 Å². The Morgan fingerprint density at radius 1 is 1.08 bits per heavy atom. The Balaban J connectivity index is 2.28. The van der Waals surface area contributed by atoms with E-state index in [4.69, 9.17) is 5.11 Å². The molecule has 2 fully saturated rings. The fourth-order valence-corrected chi connectivity index (χ4v) is 2.80. The van der Waals surface area contributed by atoms with Gasteiger partial charge in [0.1, 0.15) is 6.61 Å². The molecule has 0 spiro atoms. The summed E-state index contributed by atoms with van der Waals surface area (Å²) in [6.45, 7) is -2.17. The van der Waals surface area contributed by atoms with E-state index in [9.17, 15) is 35.5 Å². The van der Waals surface area contributed by atoms with Crippen molar-refractivity contribution in [2.24, 2.45) is 5.92 Å². The molecule has 0 amide bonds. The molecule has 0 aromatic heterocycles. The molecular formula is C13H15F7O4. The number of halogens is 7. The number of carbonyl (C=O) groups is 1. The molecule has 24 heavy (non-hydrogen) atoms. The topological polar surface area (TPSA) is 55.8 Å². The van der Waals surface area contributed by atoms with E-state index < -0.39 is 48.4 Å². The fraction of sp³-hybridized carbons (Fsp3) is 0.923. The van der Waals surface area contributed by atoms with Crippen molar-refractivity contribution in [2.75, 3.05) is 6.61 Å². The fourth-order valence-electron chi connectivity index (χ4n) is 2.80. The van der Waals surface area contributed by atoms with Crippen molar-refractivity contribution in [1.29, 1.82) is 0 Å². The minimum Gasteiger partial charge on any atom is -0.449 e. The first-order valence-corrected chi connectivity index (χ1v) is 7.22. The predicted octanol–water partition coefficient (Wildman–Crippen LogP) is 3.03. The van der Waals surface area contributed by atoms with E-state index in [-0.39, 0.29) is 12.8 Å². The summed E-state index contributed by atoms with van der Waals surface area (Å²) in [5, 5.41) is 9.14. The van der Waals surface area contributed by atoms with Crippen LogP contribution in [0.25, 0.3) is 0 Å². The number of alkyl halides is 7. The summed E-state index contributed by atoms with van der Waals surface area (Å²) >= 11 is 0. The first-order chi connectivity index (χ1) is 10.8. The van der Waals surface area contributed by atoms with Crippen LogP contribution in [0.2, 0.25) is 0 Å². The average Bonchev–Trinajstić information content (AvgIpc) is 2.48. The molecule has 0 aromatic rings. The quantitative estimate of drug-likeness (QED) is 0.601. The maximum atomic E-state index is 14.0. The van der Waals surface area contributed by atoms with E-state index in [0.29, 0.717) is 12.8 Å². The van der Waals surface area contributed by atoms with Crippen molar-refractivity contribution in [3.05, 3.63) is 0 Å². The van der Waals surface area contributed by atoms with Crippen LogP contribution in [-0.4, -0.2) is 47.6 Å². The zero-order valence-corrected chi connectivity index (χ0v) is 12.2. The molecule has 1 aliphatic heterocycles. The third-order valence-corrected chi connectivity index (χ3v) is 4.19. The molecule has 1 heterocycles. The van der Waals surface area contributed by atoms with Gasteiger partial charge in [0.15, 0.2) is 0 Å². The standard InChI is InChI=1S/C13H15F7O4/c14-10(15)6-23-12(22,13(18,19)20)11(16,17)9(10)24-8(21)7-4-2-1-3-5-7/h7,9,22H,1-6H2. The van der Waals surface area contributed by atoms with E-state index in [2.05, 4.69) is 9.47 Å². The van der Waals surface area contributed by atoms with Crippen molar-refractivity contribution in [3.63, 3.8) is 0 Å². The van der Waals surface area contributed by atoms with Crippen LogP contribution >= 0.6 is 0 Å². The van der Waals surface area contributed by atoms with Gasteiger partial charge in [-0.05, 0) is 12.8 Å². The third kappa shape index (κ3) is 3.07. The summed E-state index contributed by atoms with van der Waals surface area (Å²) in [5.41, 5.74) is 0. The number of aliphatic hydroxyl groups is 1. The number of hydrogen-bond donors (Lipinski definition) is 1. The predicted molar refractivity (Wildman–Crippen MR) is 63.3 cm³/mol. The Kier molecular flexibility index (Phi) is 4.81. The molecular weight excluding hydrogens is 353 g/mol. The molecule has 2 unspecified atom stereocenters. The smallest absolute Gasteiger partial charge is 0.449 e. The monoisotopic (exact) mass is 368 g/mol. The average molecular weight is 368 g/mol. The van der Waals surface area contributed by atoms with E-state index in [1.54, 1.807) is 0 Å². The largest absolute Gasteiger partial charge is 0.449 e. The lowest BCUT2D eigenvalue weighted by molar-refractivity contribution is -0.479. The Morgan fingerprint density at radius 2 is 1.62 bits per heavy atom. The number of ether oxygens (including phenoxy) is 2. The number of hydrogen-bond acceptors (Lipinski definition) is 4. The van der Waals surface area contributed by atoms with E-state index >= 15 is 0 Å². The van der Waals surface area contributed by atoms with Crippen LogP contribution in [0, 0.1) is 5.92 Å². The van der Waals surface area contributed by atoms with Gasteiger partial charge in [0.2, 0.25) is 6.10 Å². The van der Waals surface area contributed by atoms with Crippen LogP contribution in [0.5, 0.6) is 0 Å². The van der Waals surface area contributed by atoms with Crippen LogP contribution in [0.1, 0.15) is 32.1 Å². The van der Waals surface area contributed by atoms with E-state index in [1.165, 1.54) is 0 Å². The molecule has 1 saturated carbocycles. The first-order valence-electron chi connectivity index (χ1n) is 7.22. The van der Waals surface area contributed by atoms with Crippen molar-refractivity contribution in [3.8, 4) is 0 Å². The molecule has 1 aliphatic carbocycles. The second-order valence-electron chi connectivity index (χ2n) is 5.97. The Morgan fingerprint density at radius 3 is 2.12 bits per heavy atom. The highest BCUT2D eigenvalue weighted by atomic mass is 19.4. The second kappa shape index (κ2) is 6.01. The van der Waals surface area contributed by atoms with Gasteiger partial charge in [-0.25, -0.2) is 0 Å².